The van der Waals surface area contributed by atoms with Gasteiger partial charge < -0.3 is 10.3 Å². The number of imidazole rings is 1. The Labute approximate surface area is 99.9 Å². The van der Waals surface area contributed by atoms with Gasteiger partial charge >= 0.3 is 0 Å². The van der Waals surface area contributed by atoms with Crippen molar-refractivity contribution in [2.24, 2.45) is 5.73 Å². The number of rotatable bonds is 4. The lowest BCUT2D eigenvalue weighted by Crippen LogP contribution is -2.12. The first-order chi connectivity index (χ1) is 7.72. The van der Waals surface area contributed by atoms with Crippen LogP contribution < -0.4 is 5.73 Å². The Balaban J connectivity index is 2.23. The molecule has 0 saturated carbocycles. The zero-order chi connectivity index (χ0) is 11.5. The highest BCUT2D eigenvalue weighted by molar-refractivity contribution is 7.10. The lowest BCUT2D eigenvalue weighted by molar-refractivity contribution is 0.677. The summed E-state index contributed by atoms with van der Waals surface area (Å²) in [6.45, 7) is 5.06. The SMILES string of the molecule is CCc1ccsc1Cn1cncc1C(C)N. The molecular weight excluding hydrogens is 218 g/mol. The third-order valence-electron chi connectivity index (χ3n) is 2.74. The molecule has 16 heavy (non-hydrogen) atoms. The number of aromatic nitrogens is 2. The third-order valence-corrected chi connectivity index (χ3v) is 3.69. The normalized spacial score (nSPS) is 12.9. The topological polar surface area (TPSA) is 43.8 Å². The largest absolute Gasteiger partial charge is 0.328 e. The van der Waals surface area contributed by atoms with Crippen LogP contribution >= 0.6 is 11.3 Å². The molecule has 0 aromatic carbocycles. The molecule has 2 aromatic heterocycles. The van der Waals surface area contributed by atoms with Crippen molar-refractivity contribution in [1.82, 2.24) is 9.55 Å². The van der Waals surface area contributed by atoms with Crippen molar-refractivity contribution in [3.63, 3.8) is 0 Å². The maximum absolute atomic E-state index is 5.90. The van der Waals surface area contributed by atoms with Crippen molar-refractivity contribution >= 4 is 11.3 Å². The molecule has 86 valence electrons. The lowest BCUT2D eigenvalue weighted by atomic mass is 10.2. The number of hydrogen-bond acceptors (Lipinski definition) is 3. The van der Waals surface area contributed by atoms with Crippen molar-refractivity contribution in [3.8, 4) is 0 Å². The zero-order valence-electron chi connectivity index (χ0n) is 9.68. The van der Waals surface area contributed by atoms with E-state index in [4.69, 9.17) is 5.73 Å². The Bertz CT molecular complexity index is 456. The molecular formula is C12H17N3S. The first-order valence-corrected chi connectivity index (χ1v) is 6.41. The van der Waals surface area contributed by atoms with Gasteiger partial charge in [-0.2, -0.15) is 0 Å². The van der Waals surface area contributed by atoms with Crippen LogP contribution in [0, 0.1) is 0 Å². The minimum absolute atomic E-state index is 0.0348. The monoisotopic (exact) mass is 235 g/mol. The quantitative estimate of drug-likeness (QED) is 0.885. The van der Waals surface area contributed by atoms with Crippen LogP contribution in [0.3, 0.4) is 0 Å². The molecule has 0 fully saturated rings. The van der Waals surface area contributed by atoms with Crippen molar-refractivity contribution in [2.45, 2.75) is 32.9 Å². The number of nitrogens with zero attached hydrogens (tertiary/aromatic N) is 2. The molecule has 0 bridgehead atoms. The minimum Gasteiger partial charge on any atom is -0.328 e. The number of hydrogen-bond donors (Lipinski definition) is 1. The van der Waals surface area contributed by atoms with Gasteiger partial charge in [0.05, 0.1) is 18.6 Å². The van der Waals surface area contributed by atoms with E-state index in [2.05, 4.69) is 27.9 Å². The Kier molecular flexibility index (Phi) is 3.41. The first-order valence-electron chi connectivity index (χ1n) is 5.53. The summed E-state index contributed by atoms with van der Waals surface area (Å²) in [5.41, 5.74) is 8.42. The fourth-order valence-corrected chi connectivity index (χ4v) is 2.79. The number of thiophene rings is 1. The summed E-state index contributed by atoms with van der Waals surface area (Å²) >= 11 is 1.80. The Morgan fingerprint density at radius 3 is 3.06 bits per heavy atom. The highest BCUT2D eigenvalue weighted by Crippen LogP contribution is 2.20. The average Bonchev–Trinajstić information content (AvgIpc) is 2.86. The zero-order valence-corrected chi connectivity index (χ0v) is 10.5. The van der Waals surface area contributed by atoms with Gasteiger partial charge in [0.2, 0.25) is 0 Å². The van der Waals surface area contributed by atoms with E-state index in [-0.39, 0.29) is 6.04 Å². The highest BCUT2D eigenvalue weighted by Gasteiger charge is 2.09. The molecule has 2 rings (SSSR count). The summed E-state index contributed by atoms with van der Waals surface area (Å²) in [6, 6.07) is 2.23. The predicted octanol–water partition coefficient (Wildman–Crippen LogP) is 2.58. The molecule has 3 nitrogen and oxygen atoms in total. The molecule has 2 N–H and O–H groups in total. The molecule has 0 saturated heterocycles. The Hall–Kier alpha value is -1.13. The second-order valence-corrected chi connectivity index (χ2v) is 4.96. The van der Waals surface area contributed by atoms with Crippen molar-refractivity contribution in [2.75, 3.05) is 0 Å². The van der Waals surface area contributed by atoms with Crippen LogP contribution in [-0.4, -0.2) is 9.55 Å². The maximum Gasteiger partial charge on any atom is 0.0952 e. The van der Waals surface area contributed by atoms with E-state index >= 15 is 0 Å². The van der Waals surface area contributed by atoms with Crippen LogP contribution in [-0.2, 0) is 13.0 Å². The van der Waals surface area contributed by atoms with Gasteiger partial charge in [0.25, 0.3) is 0 Å². The van der Waals surface area contributed by atoms with Crippen molar-refractivity contribution < 1.29 is 0 Å². The molecule has 0 amide bonds. The second-order valence-electron chi connectivity index (χ2n) is 3.96. The lowest BCUT2D eigenvalue weighted by Gasteiger charge is -2.10. The van der Waals surface area contributed by atoms with Gasteiger partial charge in [-0.15, -0.1) is 11.3 Å². The Morgan fingerprint density at radius 1 is 1.56 bits per heavy atom. The van der Waals surface area contributed by atoms with E-state index in [1.54, 1.807) is 11.3 Å². The summed E-state index contributed by atoms with van der Waals surface area (Å²) < 4.78 is 2.13. The van der Waals surface area contributed by atoms with Gasteiger partial charge in [0.1, 0.15) is 0 Å². The molecule has 4 heteroatoms. The van der Waals surface area contributed by atoms with E-state index in [0.717, 1.165) is 18.7 Å². The summed E-state index contributed by atoms with van der Waals surface area (Å²) in [4.78, 5) is 5.57. The molecule has 1 atom stereocenters. The Morgan fingerprint density at radius 2 is 2.38 bits per heavy atom. The van der Waals surface area contributed by atoms with Gasteiger partial charge in [-0.25, -0.2) is 4.98 Å². The molecule has 0 aliphatic rings. The summed E-state index contributed by atoms with van der Waals surface area (Å²) in [7, 11) is 0. The van der Waals surface area contributed by atoms with Gasteiger partial charge in [0.15, 0.2) is 0 Å². The van der Waals surface area contributed by atoms with Crippen LogP contribution in [0.2, 0.25) is 0 Å². The van der Waals surface area contributed by atoms with Gasteiger partial charge in [0, 0.05) is 17.1 Å². The first kappa shape index (κ1) is 11.4. The molecule has 0 aliphatic carbocycles. The standard InChI is InChI=1S/C12H17N3S/c1-3-10-4-5-16-12(10)7-15-8-14-6-11(15)9(2)13/h4-6,8-9H,3,7,13H2,1-2H3. The maximum atomic E-state index is 5.90. The molecule has 2 aromatic rings. The molecule has 0 radical (unpaired) electrons. The third kappa shape index (κ3) is 2.18. The number of aryl methyl sites for hydroxylation is 1. The molecule has 1 unspecified atom stereocenters. The van der Waals surface area contributed by atoms with Crippen LogP contribution in [0.25, 0.3) is 0 Å². The van der Waals surface area contributed by atoms with E-state index in [9.17, 15) is 0 Å². The molecule has 0 aliphatic heterocycles. The summed E-state index contributed by atoms with van der Waals surface area (Å²) in [5, 5.41) is 2.15. The van der Waals surface area contributed by atoms with E-state index in [1.165, 1.54) is 10.4 Å². The van der Waals surface area contributed by atoms with Crippen LogP contribution in [0.4, 0.5) is 0 Å². The van der Waals surface area contributed by atoms with Crippen molar-refractivity contribution in [1.29, 1.82) is 0 Å². The van der Waals surface area contributed by atoms with E-state index in [0.29, 0.717) is 0 Å². The summed E-state index contributed by atoms with van der Waals surface area (Å²) in [6.07, 6.45) is 4.79. The highest BCUT2D eigenvalue weighted by atomic mass is 32.1. The van der Waals surface area contributed by atoms with Crippen LogP contribution in [0.1, 0.15) is 36.0 Å². The van der Waals surface area contributed by atoms with Crippen LogP contribution in [0.5, 0.6) is 0 Å². The summed E-state index contributed by atoms with van der Waals surface area (Å²) in [5.74, 6) is 0. The molecule has 0 spiro atoms. The second kappa shape index (κ2) is 4.80. The van der Waals surface area contributed by atoms with Gasteiger partial charge in [-0.1, -0.05) is 6.92 Å². The van der Waals surface area contributed by atoms with E-state index < -0.39 is 0 Å². The van der Waals surface area contributed by atoms with Gasteiger partial charge in [-0.3, -0.25) is 0 Å². The minimum atomic E-state index is 0.0348. The average molecular weight is 235 g/mol. The van der Waals surface area contributed by atoms with Crippen molar-refractivity contribution in [3.05, 3.63) is 40.1 Å². The predicted molar refractivity (Wildman–Crippen MR) is 67.6 cm³/mol. The van der Waals surface area contributed by atoms with Gasteiger partial charge in [-0.05, 0) is 30.4 Å². The fraction of sp³-hybridized carbons (Fsp3) is 0.417. The number of nitrogens with two attached hydrogens (primary N) is 1. The van der Waals surface area contributed by atoms with E-state index in [1.807, 2.05) is 19.4 Å². The van der Waals surface area contributed by atoms with Crippen LogP contribution in [0.15, 0.2) is 24.0 Å². The fourth-order valence-electron chi connectivity index (χ4n) is 1.82. The smallest absolute Gasteiger partial charge is 0.0952 e. The molecule has 2 heterocycles.